The van der Waals surface area contributed by atoms with E-state index in [1.54, 1.807) is 18.2 Å². The summed E-state index contributed by atoms with van der Waals surface area (Å²) in [6.45, 7) is 0. The van der Waals surface area contributed by atoms with Crippen LogP contribution in [-0.2, 0) is 6.42 Å². The molecule has 1 aromatic carbocycles. The van der Waals surface area contributed by atoms with Crippen LogP contribution >= 0.6 is 15.9 Å². The normalized spacial score (nSPS) is 12.2. The monoisotopic (exact) mass is 326 g/mol. The molecule has 2 rings (SSSR count). The molecule has 0 spiro atoms. The Labute approximate surface area is 118 Å². The van der Waals surface area contributed by atoms with Crippen LogP contribution in [0.5, 0.6) is 5.88 Å². The number of methoxy groups -OCH3 is 1. The van der Waals surface area contributed by atoms with Crippen LogP contribution in [0.1, 0.15) is 17.4 Å². The van der Waals surface area contributed by atoms with Crippen molar-refractivity contribution in [1.29, 1.82) is 0 Å². The van der Waals surface area contributed by atoms with E-state index in [1.165, 1.54) is 19.5 Å². The van der Waals surface area contributed by atoms with E-state index in [4.69, 9.17) is 4.74 Å². The van der Waals surface area contributed by atoms with Gasteiger partial charge in [0.1, 0.15) is 12.1 Å². The summed E-state index contributed by atoms with van der Waals surface area (Å²) < 4.78 is 19.3. The third kappa shape index (κ3) is 3.48. The lowest BCUT2D eigenvalue weighted by molar-refractivity contribution is 0.172. The van der Waals surface area contributed by atoms with Crippen LogP contribution in [0.15, 0.2) is 35.1 Å². The fourth-order valence-electron chi connectivity index (χ4n) is 1.68. The number of halogens is 2. The van der Waals surface area contributed by atoms with Crippen molar-refractivity contribution < 1.29 is 14.2 Å². The zero-order valence-corrected chi connectivity index (χ0v) is 11.8. The summed E-state index contributed by atoms with van der Waals surface area (Å²) in [4.78, 5) is 7.89. The summed E-state index contributed by atoms with van der Waals surface area (Å²) in [5, 5.41) is 10.1. The molecule has 6 heteroatoms. The molecule has 19 heavy (non-hydrogen) atoms. The van der Waals surface area contributed by atoms with Gasteiger partial charge in [-0.1, -0.05) is 22.0 Å². The lowest BCUT2D eigenvalue weighted by Gasteiger charge is -2.12. The van der Waals surface area contributed by atoms with Crippen molar-refractivity contribution in [3.05, 3.63) is 52.1 Å². The summed E-state index contributed by atoms with van der Waals surface area (Å²) in [7, 11) is 1.50. The van der Waals surface area contributed by atoms with Crippen molar-refractivity contribution in [2.45, 2.75) is 12.5 Å². The molecule has 0 aliphatic heterocycles. The van der Waals surface area contributed by atoms with Crippen LogP contribution in [0.2, 0.25) is 0 Å². The van der Waals surface area contributed by atoms with Gasteiger partial charge in [-0.05, 0) is 12.1 Å². The van der Waals surface area contributed by atoms with Crippen molar-refractivity contribution in [3.8, 4) is 5.88 Å². The van der Waals surface area contributed by atoms with Gasteiger partial charge in [0.25, 0.3) is 0 Å². The van der Waals surface area contributed by atoms with Crippen LogP contribution in [0.3, 0.4) is 0 Å². The molecule has 0 fully saturated rings. The van der Waals surface area contributed by atoms with E-state index in [9.17, 15) is 9.50 Å². The Kier molecular flexibility index (Phi) is 4.44. The second-order valence-electron chi connectivity index (χ2n) is 3.94. The molecule has 0 aliphatic carbocycles. The highest BCUT2D eigenvalue weighted by Crippen LogP contribution is 2.23. The molecule has 1 heterocycles. The average Bonchev–Trinajstić information content (AvgIpc) is 2.38. The molecule has 0 aliphatic rings. The van der Waals surface area contributed by atoms with Gasteiger partial charge in [0, 0.05) is 22.5 Å². The first-order chi connectivity index (χ1) is 9.10. The smallest absolute Gasteiger partial charge is 0.216 e. The van der Waals surface area contributed by atoms with E-state index < -0.39 is 11.9 Å². The molecule has 0 saturated carbocycles. The molecular formula is C13H12BrFN2O2. The largest absolute Gasteiger partial charge is 0.481 e. The number of hydrogen-bond acceptors (Lipinski definition) is 4. The van der Waals surface area contributed by atoms with Gasteiger partial charge in [-0.15, -0.1) is 0 Å². The maximum atomic E-state index is 13.7. The van der Waals surface area contributed by atoms with Gasteiger partial charge in [-0.25, -0.2) is 14.4 Å². The predicted octanol–water partition coefficient (Wildman–Crippen LogP) is 2.66. The summed E-state index contributed by atoms with van der Waals surface area (Å²) >= 11 is 3.17. The number of nitrogens with zero attached hydrogens (tertiary/aromatic N) is 2. The fraction of sp³-hybridized carbons (Fsp3) is 0.231. The van der Waals surface area contributed by atoms with Crippen molar-refractivity contribution in [1.82, 2.24) is 9.97 Å². The molecule has 1 N–H and O–H groups in total. The van der Waals surface area contributed by atoms with E-state index >= 15 is 0 Å². The molecule has 4 nitrogen and oxygen atoms in total. The van der Waals surface area contributed by atoms with Gasteiger partial charge < -0.3 is 9.84 Å². The summed E-state index contributed by atoms with van der Waals surface area (Å²) in [6.07, 6.45) is 0.573. The van der Waals surface area contributed by atoms with E-state index in [-0.39, 0.29) is 12.0 Å². The van der Waals surface area contributed by atoms with Crippen LogP contribution < -0.4 is 4.74 Å². The SMILES string of the molecule is COc1cc(CC(O)c2ccc(Br)cc2F)ncn1. The Morgan fingerprint density at radius 3 is 2.84 bits per heavy atom. The Morgan fingerprint density at radius 2 is 2.16 bits per heavy atom. The standard InChI is InChI=1S/C13H12BrFN2O2/c1-19-13-6-9(16-7-17-13)5-12(18)10-3-2-8(14)4-11(10)15/h2-4,6-7,12,18H,5H2,1H3. The van der Waals surface area contributed by atoms with E-state index in [0.29, 0.717) is 16.0 Å². The highest BCUT2D eigenvalue weighted by molar-refractivity contribution is 9.10. The quantitative estimate of drug-likeness (QED) is 0.938. The topological polar surface area (TPSA) is 55.2 Å². The lowest BCUT2D eigenvalue weighted by atomic mass is 10.0. The first kappa shape index (κ1) is 13.9. The van der Waals surface area contributed by atoms with Crippen LogP contribution in [0.25, 0.3) is 0 Å². The van der Waals surface area contributed by atoms with Crippen molar-refractivity contribution in [2.24, 2.45) is 0 Å². The van der Waals surface area contributed by atoms with Crippen LogP contribution in [0, 0.1) is 5.82 Å². The second-order valence-corrected chi connectivity index (χ2v) is 4.85. The molecule has 0 radical (unpaired) electrons. The molecule has 1 unspecified atom stereocenters. The van der Waals surface area contributed by atoms with E-state index in [0.717, 1.165) is 0 Å². The highest BCUT2D eigenvalue weighted by atomic mass is 79.9. The number of rotatable bonds is 4. The van der Waals surface area contributed by atoms with Gasteiger partial charge in [-0.2, -0.15) is 0 Å². The fourth-order valence-corrected chi connectivity index (χ4v) is 2.01. The van der Waals surface area contributed by atoms with E-state index in [2.05, 4.69) is 25.9 Å². The maximum absolute atomic E-state index is 13.7. The first-order valence-corrected chi connectivity index (χ1v) is 6.37. The summed E-state index contributed by atoms with van der Waals surface area (Å²) in [5.74, 6) is -0.0450. The van der Waals surface area contributed by atoms with Crippen molar-refractivity contribution >= 4 is 15.9 Å². The Balaban J connectivity index is 2.17. The minimum absolute atomic E-state index is 0.192. The van der Waals surface area contributed by atoms with Crippen LogP contribution in [-0.4, -0.2) is 22.2 Å². The zero-order valence-electron chi connectivity index (χ0n) is 10.2. The summed E-state index contributed by atoms with van der Waals surface area (Å²) in [6, 6.07) is 6.16. The Morgan fingerprint density at radius 1 is 1.37 bits per heavy atom. The van der Waals surface area contributed by atoms with Gasteiger partial charge in [-0.3, -0.25) is 0 Å². The number of aromatic nitrogens is 2. The number of hydrogen-bond donors (Lipinski definition) is 1. The van der Waals surface area contributed by atoms with Gasteiger partial charge in [0.2, 0.25) is 5.88 Å². The molecule has 0 saturated heterocycles. The third-order valence-electron chi connectivity index (χ3n) is 2.63. The molecular weight excluding hydrogens is 315 g/mol. The first-order valence-electron chi connectivity index (χ1n) is 5.58. The third-order valence-corrected chi connectivity index (χ3v) is 3.12. The molecule has 0 amide bonds. The van der Waals surface area contributed by atoms with E-state index in [1.807, 2.05) is 0 Å². The Hall–Kier alpha value is -1.53. The number of benzene rings is 1. The highest BCUT2D eigenvalue weighted by Gasteiger charge is 2.15. The number of aliphatic hydroxyl groups excluding tert-OH is 1. The average molecular weight is 327 g/mol. The number of ether oxygens (including phenoxy) is 1. The van der Waals surface area contributed by atoms with Crippen molar-refractivity contribution in [2.75, 3.05) is 7.11 Å². The molecule has 0 bridgehead atoms. The lowest BCUT2D eigenvalue weighted by Crippen LogP contribution is -2.06. The minimum atomic E-state index is -0.965. The minimum Gasteiger partial charge on any atom is -0.481 e. The molecule has 100 valence electrons. The van der Waals surface area contributed by atoms with Gasteiger partial charge in [0.15, 0.2) is 0 Å². The summed E-state index contributed by atoms with van der Waals surface area (Å²) in [5.41, 5.74) is 0.822. The zero-order chi connectivity index (χ0) is 13.8. The predicted molar refractivity (Wildman–Crippen MR) is 71.3 cm³/mol. The van der Waals surface area contributed by atoms with Gasteiger partial charge >= 0.3 is 0 Å². The molecule has 1 aromatic heterocycles. The van der Waals surface area contributed by atoms with Gasteiger partial charge in [0.05, 0.1) is 18.9 Å². The maximum Gasteiger partial charge on any atom is 0.216 e. The molecule has 1 atom stereocenters. The second kappa shape index (κ2) is 6.08. The molecule has 2 aromatic rings. The number of aliphatic hydroxyl groups is 1. The Bertz CT molecular complexity index is 580. The van der Waals surface area contributed by atoms with Crippen molar-refractivity contribution in [3.63, 3.8) is 0 Å². The van der Waals surface area contributed by atoms with Crippen LogP contribution in [0.4, 0.5) is 4.39 Å².